The summed E-state index contributed by atoms with van der Waals surface area (Å²) in [5.74, 6) is -1.95. The average Bonchev–Trinajstić information content (AvgIpc) is 2.94. The molecule has 21 heavy (non-hydrogen) atoms. The first-order valence-electron chi connectivity index (χ1n) is 7.45. The summed E-state index contributed by atoms with van der Waals surface area (Å²) in [6, 6.07) is 3.83. The number of nitrogens with zero attached hydrogens (tertiary/aromatic N) is 1. The Bertz CT molecular complexity index is 456. The van der Waals surface area contributed by atoms with Gasteiger partial charge in [0, 0.05) is 12.4 Å². The lowest BCUT2D eigenvalue weighted by atomic mass is 9.77. The molecule has 1 heterocycles. The van der Waals surface area contributed by atoms with Gasteiger partial charge in [-0.1, -0.05) is 25.7 Å². The topological polar surface area (TPSA) is 57.5 Å². The van der Waals surface area contributed by atoms with E-state index in [1.54, 1.807) is 0 Å². The Balaban J connectivity index is 2.50. The van der Waals surface area contributed by atoms with Crippen LogP contribution < -0.4 is 0 Å². The van der Waals surface area contributed by atoms with Crippen LogP contribution in [0.3, 0.4) is 0 Å². The maximum Gasteiger partial charge on any atom is 0.322 e. The Labute approximate surface area is 125 Å². The van der Waals surface area contributed by atoms with Gasteiger partial charge in [-0.25, -0.2) is 0 Å². The molecule has 0 bridgehead atoms. The summed E-state index contributed by atoms with van der Waals surface area (Å²) >= 11 is 0. The van der Waals surface area contributed by atoms with Crippen LogP contribution in [0, 0.1) is 5.92 Å². The van der Waals surface area contributed by atoms with Gasteiger partial charge in [0.1, 0.15) is 0 Å². The molecule has 0 N–H and O–H groups in total. The van der Waals surface area contributed by atoms with Crippen LogP contribution in [-0.2, 0) is 24.6 Å². The van der Waals surface area contributed by atoms with Crippen LogP contribution in [0.4, 0.5) is 0 Å². The van der Waals surface area contributed by atoms with Gasteiger partial charge in [0.25, 0.3) is 0 Å². The molecule has 1 aliphatic carbocycles. The van der Waals surface area contributed by atoms with Crippen LogP contribution in [0.15, 0.2) is 24.5 Å². The van der Waals surface area contributed by atoms with E-state index in [9.17, 15) is 9.59 Å². The van der Waals surface area contributed by atoms with Crippen molar-refractivity contribution in [2.75, 3.05) is 14.2 Å². The number of esters is 2. The molecule has 1 aromatic heterocycles. The summed E-state index contributed by atoms with van der Waals surface area (Å²) < 4.78 is 11.8. The Morgan fingerprint density at radius 1 is 0.952 bits per heavy atom. The molecule has 5 heteroatoms. The van der Waals surface area contributed by atoms with Crippen LogP contribution in [0.5, 0.6) is 0 Å². The summed E-state index contributed by atoms with van der Waals surface area (Å²) in [5, 5.41) is 0. The summed E-state index contributed by atoms with van der Waals surface area (Å²) in [7, 11) is 2.64. The zero-order chi connectivity index (χ0) is 15.3. The predicted octanol–water partition coefficient (Wildman–Crippen LogP) is 2.50. The number of aromatic nitrogens is 1. The summed E-state index contributed by atoms with van der Waals surface area (Å²) in [4.78, 5) is 24.6. The lowest BCUT2D eigenvalue weighted by Crippen LogP contribution is -2.49. The molecular formula is C16H23NO4. The molecule has 1 aliphatic rings. The van der Waals surface area contributed by atoms with Crippen LogP contribution in [-0.4, -0.2) is 30.7 Å². The van der Waals surface area contributed by atoms with Crippen molar-refractivity contribution in [2.24, 2.45) is 5.92 Å². The molecule has 116 valence electrons. The third kappa shape index (κ3) is 2.96. The van der Waals surface area contributed by atoms with E-state index < -0.39 is 23.4 Å². The highest BCUT2D eigenvalue weighted by Gasteiger charge is 2.50. The lowest BCUT2D eigenvalue weighted by molar-refractivity contribution is -0.165. The van der Waals surface area contributed by atoms with Crippen molar-refractivity contribution >= 4 is 11.9 Å². The van der Waals surface area contributed by atoms with Crippen molar-refractivity contribution < 1.29 is 19.1 Å². The molecule has 0 spiro atoms. The number of carbonyl (C=O) groups excluding carboxylic acids is 2. The summed E-state index contributed by atoms with van der Waals surface area (Å²) in [5.41, 5.74) is -0.583. The maximum absolute atomic E-state index is 12.3. The number of ether oxygens (including phenoxy) is 2. The maximum atomic E-state index is 12.3. The van der Waals surface area contributed by atoms with E-state index in [4.69, 9.17) is 9.47 Å². The molecule has 0 radical (unpaired) electrons. The van der Waals surface area contributed by atoms with Crippen molar-refractivity contribution in [1.29, 1.82) is 0 Å². The van der Waals surface area contributed by atoms with Gasteiger partial charge in [0.05, 0.1) is 19.8 Å². The van der Waals surface area contributed by atoms with Crippen LogP contribution in [0.25, 0.3) is 0 Å². The van der Waals surface area contributed by atoms with Gasteiger partial charge >= 0.3 is 11.9 Å². The van der Waals surface area contributed by atoms with Crippen LogP contribution in [0.2, 0.25) is 0 Å². The van der Waals surface area contributed by atoms with E-state index in [0.717, 1.165) is 38.5 Å². The average molecular weight is 293 g/mol. The largest absolute Gasteiger partial charge is 0.468 e. The number of hydrogen-bond acceptors (Lipinski definition) is 4. The van der Waals surface area contributed by atoms with Gasteiger partial charge in [-0.2, -0.15) is 0 Å². The van der Waals surface area contributed by atoms with Crippen molar-refractivity contribution in [3.63, 3.8) is 0 Å². The van der Waals surface area contributed by atoms with Crippen molar-refractivity contribution in [3.8, 4) is 0 Å². The fourth-order valence-corrected chi connectivity index (χ4v) is 3.44. The minimum absolute atomic E-state index is 0.516. The molecule has 0 saturated heterocycles. The monoisotopic (exact) mass is 293 g/mol. The molecule has 0 unspecified atom stereocenters. The van der Waals surface area contributed by atoms with Gasteiger partial charge in [-0.05, 0) is 25.0 Å². The van der Waals surface area contributed by atoms with Crippen LogP contribution in [0.1, 0.15) is 38.5 Å². The van der Waals surface area contributed by atoms with Crippen molar-refractivity contribution in [3.05, 3.63) is 24.5 Å². The van der Waals surface area contributed by atoms with E-state index >= 15 is 0 Å². The van der Waals surface area contributed by atoms with Crippen molar-refractivity contribution in [1.82, 2.24) is 4.57 Å². The third-order valence-electron chi connectivity index (χ3n) is 4.50. The van der Waals surface area contributed by atoms with E-state index in [1.165, 1.54) is 14.2 Å². The van der Waals surface area contributed by atoms with Gasteiger partial charge in [-0.15, -0.1) is 0 Å². The standard InChI is InChI=1S/C16H23NO4/c1-20-14(18)13(15(19)21-2)16(17-11-7-8-12-17)9-5-3-4-6-10-16/h7-8,11-13H,3-6,9-10H2,1-2H3. The summed E-state index contributed by atoms with van der Waals surface area (Å²) in [6.07, 6.45) is 9.61. The number of rotatable bonds is 4. The zero-order valence-electron chi connectivity index (χ0n) is 12.7. The van der Waals surface area contributed by atoms with E-state index in [-0.39, 0.29) is 0 Å². The van der Waals surface area contributed by atoms with Crippen molar-refractivity contribution in [2.45, 2.75) is 44.1 Å². The van der Waals surface area contributed by atoms with Gasteiger partial charge in [0.2, 0.25) is 0 Å². The predicted molar refractivity (Wildman–Crippen MR) is 77.6 cm³/mol. The molecule has 0 aromatic carbocycles. The molecular weight excluding hydrogens is 270 g/mol. The Hall–Kier alpha value is -1.78. The highest BCUT2D eigenvalue weighted by molar-refractivity contribution is 5.96. The second-order valence-electron chi connectivity index (χ2n) is 5.59. The first-order chi connectivity index (χ1) is 10.2. The molecule has 0 atom stereocenters. The third-order valence-corrected chi connectivity index (χ3v) is 4.50. The quantitative estimate of drug-likeness (QED) is 0.486. The lowest BCUT2D eigenvalue weighted by Gasteiger charge is -2.39. The fraction of sp³-hybridized carbons (Fsp3) is 0.625. The Morgan fingerprint density at radius 3 is 1.86 bits per heavy atom. The zero-order valence-corrected chi connectivity index (χ0v) is 12.7. The normalized spacial score (nSPS) is 18.0. The Morgan fingerprint density at radius 2 is 1.43 bits per heavy atom. The minimum atomic E-state index is -0.919. The summed E-state index contributed by atoms with van der Waals surface area (Å²) in [6.45, 7) is 0. The van der Waals surface area contributed by atoms with E-state index in [0.29, 0.717) is 0 Å². The second kappa shape index (κ2) is 6.78. The smallest absolute Gasteiger partial charge is 0.322 e. The first kappa shape index (κ1) is 15.6. The highest BCUT2D eigenvalue weighted by atomic mass is 16.5. The number of methoxy groups -OCH3 is 2. The molecule has 5 nitrogen and oxygen atoms in total. The van der Waals surface area contributed by atoms with E-state index in [1.807, 2.05) is 29.1 Å². The molecule has 0 amide bonds. The SMILES string of the molecule is COC(=O)C(C(=O)OC)C1(n2cccc2)CCCCCC1. The molecule has 2 rings (SSSR count). The molecule has 1 fully saturated rings. The van der Waals surface area contributed by atoms with E-state index in [2.05, 4.69) is 0 Å². The second-order valence-corrected chi connectivity index (χ2v) is 5.59. The molecule has 1 saturated carbocycles. The van der Waals surface area contributed by atoms with Gasteiger partial charge in [0.15, 0.2) is 5.92 Å². The number of carbonyl (C=O) groups is 2. The number of hydrogen-bond donors (Lipinski definition) is 0. The van der Waals surface area contributed by atoms with Gasteiger partial charge < -0.3 is 14.0 Å². The molecule has 0 aliphatic heterocycles. The first-order valence-corrected chi connectivity index (χ1v) is 7.45. The minimum Gasteiger partial charge on any atom is -0.468 e. The fourth-order valence-electron chi connectivity index (χ4n) is 3.44. The molecule has 1 aromatic rings. The highest BCUT2D eigenvalue weighted by Crippen LogP contribution is 2.41. The van der Waals surface area contributed by atoms with Crippen LogP contribution >= 0.6 is 0 Å². The Kier molecular flexibility index (Phi) is 5.04. The van der Waals surface area contributed by atoms with Gasteiger partial charge in [-0.3, -0.25) is 9.59 Å².